The lowest BCUT2D eigenvalue weighted by Crippen LogP contribution is -1.93. The molecular weight excluding hydrogens is 346 g/mol. The topological polar surface area (TPSA) is 78.2 Å². The maximum Gasteiger partial charge on any atom is 0.295 e. The Morgan fingerprint density at radius 2 is 2.20 bits per heavy atom. The zero-order valence-corrected chi connectivity index (χ0v) is 12.2. The van der Waals surface area contributed by atoms with Gasteiger partial charge in [0.05, 0.1) is 10.3 Å². The number of non-ortho nitro benzene ring substituents is 1. The van der Waals surface area contributed by atoms with E-state index in [0.717, 1.165) is 0 Å². The van der Waals surface area contributed by atoms with Crippen molar-refractivity contribution in [1.29, 1.82) is 0 Å². The molecular formula is C12H6BrN3O3S. The number of hydrogen-bond donors (Lipinski definition) is 0. The van der Waals surface area contributed by atoms with E-state index in [4.69, 9.17) is 4.74 Å². The van der Waals surface area contributed by atoms with Gasteiger partial charge in [-0.05, 0) is 34.1 Å². The number of thiazole rings is 1. The minimum atomic E-state index is -0.459. The van der Waals surface area contributed by atoms with E-state index in [0.29, 0.717) is 26.4 Å². The van der Waals surface area contributed by atoms with Crippen LogP contribution in [0.2, 0.25) is 0 Å². The Hall–Kier alpha value is -2.06. The molecule has 0 aliphatic rings. The standard InChI is InChI=1S/C12H6BrN3O3S/c13-10-6-20-12(15-10)19-9-4-3-8(16(17)18)11-7(9)2-1-5-14-11/h1-6H. The maximum atomic E-state index is 11.0. The summed E-state index contributed by atoms with van der Waals surface area (Å²) in [4.78, 5) is 18.7. The molecule has 0 unspecified atom stereocenters. The number of halogens is 1. The average Bonchev–Trinajstić information content (AvgIpc) is 2.84. The first-order valence-corrected chi connectivity index (χ1v) is 7.13. The van der Waals surface area contributed by atoms with Crippen LogP contribution in [-0.4, -0.2) is 14.9 Å². The van der Waals surface area contributed by atoms with E-state index >= 15 is 0 Å². The van der Waals surface area contributed by atoms with Crippen LogP contribution in [0, 0.1) is 10.1 Å². The van der Waals surface area contributed by atoms with Crippen molar-refractivity contribution in [2.45, 2.75) is 0 Å². The second-order valence-corrected chi connectivity index (χ2v) is 5.41. The summed E-state index contributed by atoms with van der Waals surface area (Å²) in [5, 5.41) is 13.8. The Morgan fingerprint density at radius 3 is 2.90 bits per heavy atom. The Kier molecular flexibility index (Phi) is 3.33. The van der Waals surface area contributed by atoms with Crippen molar-refractivity contribution in [2.75, 3.05) is 0 Å². The Bertz CT molecular complexity index is 805. The fraction of sp³-hybridized carbons (Fsp3) is 0. The maximum absolute atomic E-state index is 11.0. The first-order chi connectivity index (χ1) is 9.65. The molecule has 2 aromatic heterocycles. The van der Waals surface area contributed by atoms with E-state index in [9.17, 15) is 10.1 Å². The lowest BCUT2D eigenvalue weighted by molar-refractivity contribution is -0.383. The van der Waals surface area contributed by atoms with Gasteiger partial charge in [0.2, 0.25) is 0 Å². The van der Waals surface area contributed by atoms with Crippen molar-refractivity contribution in [2.24, 2.45) is 0 Å². The Balaban J connectivity index is 2.12. The molecule has 0 fully saturated rings. The third kappa shape index (κ3) is 2.35. The molecule has 0 spiro atoms. The van der Waals surface area contributed by atoms with Crippen molar-refractivity contribution in [3.63, 3.8) is 0 Å². The van der Waals surface area contributed by atoms with E-state index in [1.165, 1.54) is 23.6 Å². The SMILES string of the molecule is O=[N+]([O-])c1ccc(Oc2nc(Br)cs2)c2cccnc12. The zero-order chi connectivity index (χ0) is 14.1. The summed E-state index contributed by atoms with van der Waals surface area (Å²) in [7, 11) is 0. The summed E-state index contributed by atoms with van der Waals surface area (Å²) >= 11 is 4.57. The molecule has 0 radical (unpaired) electrons. The third-order valence-electron chi connectivity index (χ3n) is 2.56. The van der Waals surface area contributed by atoms with Gasteiger partial charge in [-0.3, -0.25) is 10.1 Å². The van der Waals surface area contributed by atoms with Crippen molar-refractivity contribution in [1.82, 2.24) is 9.97 Å². The van der Waals surface area contributed by atoms with Gasteiger partial charge in [-0.1, -0.05) is 11.3 Å². The number of nitro benzene ring substituents is 1. The normalized spacial score (nSPS) is 10.7. The number of ether oxygens (including phenoxy) is 1. The van der Waals surface area contributed by atoms with Gasteiger partial charge in [0.1, 0.15) is 10.4 Å². The highest BCUT2D eigenvalue weighted by molar-refractivity contribution is 9.10. The molecule has 0 aliphatic carbocycles. The smallest absolute Gasteiger partial charge is 0.295 e. The number of rotatable bonds is 3. The second-order valence-electron chi connectivity index (χ2n) is 3.78. The molecule has 0 bridgehead atoms. The summed E-state index contributed by atoms with van der Waals surface area (Å²) in [5.74, 6) is 0.487. The lowest BCUT2D eigenvalue weighted by atomic mass is 10.2. The number of aromatic nitrogens is 2. The highest BCUT2D eigenvalue weighted by Crippen LogP contribution is 2.35. The third-order valence-corrected chi connectivity index (χ3v) is 3.98. The van der Waals surface area contributed by atoms with Gasteiger partial charge in [-0.15, -0.1) is 0 Å². The van der Waals surface area contributed by atoms with Crippen LogP contribution < -0.4 is 4.74 Å². The van der Waals surface area contributed by atoms with Crippen LogP contribution in [0.5, 0.6) is 10.9 Å². The highest BCUT2D eigenvalue weighted by Gasteiger charge is 2.17. The van der Waals surface area contributed by atoms with E-state index in [-0.39, 0.29) is 5.69 Å². The highest BCUT2D eigenvalue weighted by atomic mass is 79.9. The summed E-state index contributed by atoms with van der Waals surface area (Å²) in [5.41, 5.74) is 0.249. The molecule has 1 aromatic carbocycles. The molecule has 20 heavy (non-hydrogen) atoms. The van der Waals surface area contributed by atoms with Gasteiger partial charge in [-0.2, -0.15) is 4.98 Å². The van der Waals surface area contributed by atoms with Gasteiger partial charge in [0.25, 0.3) is 10.9 Å². The fourth-order valence-electron chi connectivity index (χ4n) is 1.75. The predicted molar refractivity (Wildman–Crippen MR) is 78.3 cm³/mol. The summed E-state index contributed by atoms with van der Waals surface area (Å²) in [6, 6.07) is 6.37. The quantitative estimate of drug-likeness (QED) is 0.523. The number of pyridine rings is 1. The van der Waals surface area contributed by atoms with E-state index in [2.05, 4.69) is 25.9 Å². The van der Waals surface area contributed by atoms with Crippen LogP contribution in [0.15, 0.2) is 40.4 Å². The molecule has 3 rings (SSSR count). The molecule has 0 aliphatic heterocycles. The number of hydrogen-bond acceptors (Lipinski definition) is 6. The molecule has 0 amide bonds. The zero-order valence-electron chi connectivity index (χ0n) is 9.82. The van der Waals surface area contributed by atoms with Gasteiger partial charge in [0, 0.05) is 17.6 Å². The summed E-state index contributed by atoms with van der Waals surface area (Å²) < 4.78 is 6.34. The largest absolute Gasteiger partial charge is 0.430 e. The molecule has 0 saturated heterocycles. The number of benzene rings is 1. The average molecular weight is 352 g/mol. The molecule has 0 N–H and O–H groups in total. The van der Waals surface area contributed by atoms with Crippen molar-refractivity contribution in [3.8, 4) is 10.9 Å². The molecule has 100 valence electrons. The Labute approximate surface area is 125 Å². The van der Waals surface area contributed by atoms with Gasteiger partial charge in [0.15, 0.2) is 5.52 Å². The van der Waals surface area contributed by atoms with Crippen LogP contribution in [0.1, 0.15) is 0 Å². The molecule has 8 heteroatoms. The molecule has 2 heterocycles. The summed E-state index contributed by atoms with van der Waals surface area (Å²) in [6.07, 6.45) is 1.51. The monoisotopic (exact) mass is 351 g/mol. The predicted octanol–water partition coefficient (Wildman–Crippen LogP) is 4.15. The van der Waals surface area contributed by atoms with E-state index in [1.807, 2.05) is 0 Å². The van der Waals surface area contributed by atoms with Gasteiger partial charge in [-0.25, -0.2) is 4.98 Å². The number of fused-ring (bicyclic) bond motifs is 1. The fourth-order valence-corrected chi connectivity index (χ4v) is 2.85. The van der Waals surface area contributed by atoms with Crippen molar-refractivity contribution in [3.05, 3.63) is 50.6 Å². The van der Waals surface area contributed by atoms with Crippen molar-refractivity contribution < 1.29 is 9.66 Å². The van der Waals surface area contributed by atoms with Crippen LogP contribution >= 0.6 is 27.3 Å². The van der Waals surface area contributed by atoms with Crippen LogP contribution in [-0.2, 0) is 0 Å². The molecule has 0 saturated carbocycles. The number of nitrogens with zero attached hydrogens (tertiary/aromatic N) is 3. The first kappa shape index (κ1) is 12.9. The van der Waals surface area contributed by atoms with Gasteiger partial charge < -0.3 is 4.74 Å². The first-order valence-electron chi connectivity index (χ1n) is 5.46. The van der Waals surface area contributed by atoms with Crippen molar-refractivity contribution >= 4 is 43.9 Å². The van der Waals surface area contributed by atoms with E-state index < -0.39 is 4.92 Å². The second kappa shape index (κ2) is 5.14. The lowest BCUT2D eigenvalue weighted by Gasteiger charge is -2.05. The minimum Gasteiger partial charge on any atom is -0.430 e. The molecule has 0 atom stereocenters. The Morgan fingerprint density at radius 1 is 1.35 bits per heavy atom. The molecule has 6 nitrogen and oxygen atoms in total. The van der Waals surface area contributed by atoms with Crippen LogP contribution in [0.4, 0.5) is 5.69 Å². The van der Waals surface area contributed by atoms with Crippen LogP contribution in [0.25, 0.3) is 10.9 Å². The van der Waals surface area contributed by atoms with Gasteiger partial charge >= 0.3 is 0 Å². The molecule has 3 aromatic rings. The summed E-state index contributed by atoms with van der Waals surface area (Å²) in [6.45, 7) is 0. The van der Waals surface area contributed by atoms with E-state index in [1.54, 1.807) is 23.6 Å². The number of nitro groups is 1. The van der Waals surface area contributed by atoms with Crippen LogP contribution in [0.3, 0.4) is 0 Å². The minimum absolute atomic E-state index is 0.0479.